The van der Waals surface area contributed by atoms with Gasteiger partial charge in [-0.2, -0.15) is 0 Å². The van der Waals surface area contributed by atoms with Gasteiger partial charge in [0.2, 0.25) is 0 Å². The minimum absolute atomic E-state index is 0.0880. The topological polar surface area (TPSA) is 116 Å². The van der Waals surface area contributed by atoms with E-state index in [2.05, 4.69) is 16.7 Å². The number of benzene rings is 6. The first kappa shape index (κ1) is 34.3. The summed E-state index contributed by atoms with van der Waals surface area (Å²) in [5, 5.41) is 28.4. The summed E-state index contributed by atoms with van der Waals surface area (Å²) in [6.45, 7) is 0. The van der Waals surface area contributed by atoms with E-state index >= 15 is 0 Å². The second kappa shape index (κ2) is 14.6. The van der Waals surface area contributed by atoms with Crippen LogP contribution in [0.3, 0.4) is 0 Å². The average Bonchev–Trinajstić information content (AvgIpc) is 3.59. The quantitative estimate of drug-likeness (QED) is 0.0801. The third-order valence-corrected chi connectivity index (χ3v) is 16.4. The first-order valence-electron chi connectivity index (χ1n) is 16.5. The Bertz CT molecular complexity index is 2240. The molecule has 0 aliphatic rings. The van der Waals surface area contributed by atoms with E-state index in [0.29, 0.717) is 0 Å². The lowest BCUT2D eigenvalue weighted by molar-refractivity contribution is -0.384. The molecule has 256 valence electrons. The van der Waals surface area contributed by atoms with Crippen LogP contribution in [0.5, 0.6) is 0 Å². The Kier molecular flexibility index (Phi) is 9.64. The van der Waals surface area contributed by atoms with E-state index in [1.54, 1.807) is 36.4 Å². The SMILES string of the molecule is Cn1c(P(=Nc2ccccc2[N+](=O)[O-])(c2ccccc2)c2ccccc2)ccc1P(=Nc1ccccc1[N+](=O)[O-])(c1ccccc1)c1ccccc1. The van der Waals surface area contributed by atoms with E-state index in [-0.39, 0.29) is 22.7 Å². The van der Waals surface area contributed by atoms with Gasteiger partial charge in [0.1, 0.15) is 11.4 Å². The van der Waals surface area contributed by atoms with E-state index in [1.807, 2.05) is 128 Å². The van der Waals surface area contributed by atoms with Crippen molar-refractivity contribution in [1.29, 1.82) is 0 Å². The molecule has 0 radical (unpaired) electrons. The molecule has 0 N–H and O–H groups in total. The number of hydrogen-bond acceptors (Lipinski definition) is 6. The Morgan fingerprint density at radius 2 is 0.692 bits per heavy atom. The van der Waals surface area contributed by atoms with E-state index in [9.17, 15) is 20.2 Å². The number of hydrogen-bond donors (Lipinski definition) is 0. The van der Waals surface area contributed by atoms with Crippen molar-refractivity contribution in [2.45, 2.75) is 0 Å². The van der Waals surface area contributed by atoms with Gasteiger partial charge in [-0.05, 0) is 24.3 Å². The highest BCUT2D eigenvalue weighted by Crippen LogP contribution is 2.54. The normalized spacial score (nSPS) is 11.5. The predicted octanol–water partition coefficient (Wildman–Crippen LogP) is 8.46. The Labute approximate surface area is 301 Å². The standard InChI is InChI=1S/C41H33N5O4P2/c1-44-40(51(32-18-6-2-7-19-32,33-20-8-3-9-21-33)42-36-26-14-16-28-38(36)45(47)48)30-31-41(44)52(34-22-10-4-11-23-34,35-24-12-5-13-25-35)43-37-27-15-17-29-39(37)46(49)50/h2-31H,1H3. The zero-order valence-corrected chi connectivity index (χ0v) is 29.9. The maximum atomic E-state index is 12.4. The second-order valence-corrected chi connectivity index (χ2v) is 17.8. The van der Waals surface area contributed by atoms with Gasteiger partial charge in [-0.3, -0.25) is 20.2 Å². The molecule has 0 aliphatic carbocycles. The van der Waals surface area contributed by atoms with Crippen molar-refractivity contribution in [3.63, 3.8) is 0 Å². The van der Waals surface area contributed by atoms with Gasteiger partial charge in [0.15, 0.2) is 0 Å². The van der Waals surface area contributed by atoms with Crippen LogP contribution in [0, 0.1) is 20.2 Å². The third-order valence-electron chi connectivity index (χ3n) is 8.92. The zero-order chi connectivity index (χ0) is 36.1. The van der Waals surface area contributed by atoms with Gasteiger partial charge >= 0.3 is 0 Å². The van der Waals surface area contributed by atoms with Gasteiger partial charge in [0.25, 0.3) is 11.4 Å². The Balaban J connectivity index is 1.67. The first-order chi connectivity index (χ1) is 25.4. The molecule has 0 saturated carbocycles. The molecule has 0 bridgehead atoms. The molecule has 7 rings (SSSR count). The number of nitro benzene ring substituents is 2. The second-order valence-electron chi connectivity index (χ2n) is 11.9. The summed E-state index contributed by atoms with van der Waals surface area (Å²) in [5.74, 6) is 0. The van der Waals surface area contributed by atoms with Gasteiger partial charge in [-0.25, -0.2) is 9.49 Å². The van der Waals surface area contributed by atoms with Crippen molar-refractivity contribution in [1.82, 2.24) is 4.57 Å². The number of nitro groups is 2. The van der Waals surface area contributed by atoms with Crippen molar-refractivity contribution in [3.05, 3.63) is 202 Å². The largest absolute Gasteiger partial charge is 0.341 e. The van der Waals surface area contributed by atoms with Crippen molar-refractivity contribution < 1.29 is 9.85 Å². The maximum Gasteiger partial charge on any atom is 0.294 e. The Morgan fingerprint density at radius 3 is 0.981 bits per heavy atom. The molecule has 0 atom stereocenters. The number of rotatable bonds is 10. The molecule has 6 aromatic carbocycles. The van der Waals surface area contributed by atoms with Gasteiger partial charge in [0.05, 0.1) is 34.8 Å². The fourth-order valence-corrected chi connectivity index (χ4v) is 14.1. The summed E-state index contributed by atoms with van der Waals surface area (Å²) >= 11 is 0. The lowest BCUT2D eigenvalue weighted by Crippen LogP contribution is -2.35. The number of nitrogens with zero attached hydrogens (tertiary/aromatic N) is 5. The fourth-order valence-electron chi connectivity index (χ4n) is 6.60. The summed E-state index contributed by atoms with van der Waals surface area (Å²) in [5.41, 5.74) is 2.05. The molecule has 9 nitrogen and oxygen atoms in total. The molecule has 0 saturated heterocycles. The zero-order valence-electron chi connectivity index (χ0n) is 28.1. The third kappa shape index (κ3) is 6.11. The lowest BCUT2D eigenvalue weighted by Gasteiger charge is -2.30. The van der Waals surface area contributed by atoms with Crippen LogP contribution in [-0.4, -0.2) is 14.4 Å². The van der Waals surface area contributed by atoms with E-state index in [4.69, 9.17) is 9.49 Å². The van der Waals surface area contributed by atoms with Crippen molar-refractivity contribution in [2.75, 3.05) is 0 Å². The highest BCUT2D eigenvalue weighted by Gasteiger charge is 2.37. The van der Waals surface area contributed by atoms with Crippen LogP contribution < -0.4 is 32.1 Å². The Hall–Kier alpha value is -6.14. The van der Waals surface area contributed by atoms with Gasteiger partial charge in [-0.1, -0.05) is 146 Å². The Morgan fingerprint density at radius 1 is 0.423 bits per heavy atom. The van der Waals surface area contributed by atoms with E-state index in [1.165, 1.54) is 12.1 Å². The molecule has 52 heavy (non-hydrogen) atoms. The van der Waals surface area contributed by atoms with Gasteiger partial charge in [0, 0.05) is 40.4 Å². The van der Waals surface area contributed by atoms with E-state index < -0.39 is 24.0 Å². The van der Waals surface area contributed by atoms with Crippen LogP contribution in [-0.2, 0) is 7.05 Å². The molecule has 0 amide bonds. The molecule has 0 aliphatic heterocycles. The fraction of sp³-hybridized carbons (Fsp3) is 0.0244. The summed E-state index contributed by atoms with van der Waals surface area (Å²) < 4.78 is 13.1. The van der Waals surface area contributed by atoms with Crippen molar-refractivity contribution in [3.8, 4) is 0 Å². The van der Waals surface area contributed by atoms with Crippen LogP contribution >= 0.6 is 14.1 Å². The van der Waals surface area contributed by atoms with Crippen LogP contribution in [0.1, 0.15) is 0 Å². The van der Waals surface area contributed by atoms with Crippen molar-refractivity contribution in [2.24, 2.45) is 16.5 Å². The highest BCUT2D eigenvalue weighted by atomic mass is 31.2. The molecular weight excluding hydrogens is 688 g/mol. The molecule has 0 fully saturated rings. The molecular formula is C41H33N5O4P2. The smallest absolute Gasteiger partial charge is 0.294 e. The summed E-state index contributed by atoms with van der Waals surface area (Å²) in [6.07, 6.45) is 0. The molecule has 0 unspecified atom stereocenters. The van der Waals surface area contributed by atoms with Crippen LogP contribution in [0.25, 0.3) is 0 Å². The van der Waals surface area contributed by atoms with Gasteiger partial charge in [-0.15, -0.1) is 0 Å². The van der Waals surface area contributed by atoms with Crippen LogP contribution in [0.15, 0.2) is 191 Å². The molecule has 1 aromatic heterocycles. The van der Waals surface area contributed by atoms with E-state index in [0.717, 1.165) is 32.1 Å². The maximum absolute atomic E-state index is 12.4. The average molecular weight is 722 g/mol. The minimum Gasteiger partial charge on any atom is -0.341 e. The predicted molar refractivity (Wildman–Crippen MR) is 213 cm³/mol. The number of para-hydroxylation sites is 2. The lowest BCUT2D eigenvalue weighted by atomic mass is 10.3. The molecule has 1 heterocycles. The highest BCUT2D eigenvalue weighted by molar-refractivity contribution is 7.88. The van der Waals surface area contributed by atoms with Crippen LogP contribution in [0.4, 0.5) is 22.7 Å². The molecule has 0 spiro atoms. The van der Waals surface area contributed by atoms with Crippen LogP contribution in [0.2, 0.25) is 0 Å². The summed E-state index contributed by atoms with van der Waals surface area (Å²) in [7, 11) is -4.15. The molecule has 11 heteroatoms. The number of aromatic nitrogens is 1. The summed E-state index contributed by atoms with van der Waals surface area (Å²) in [4.78, 5) is 24.0. The minimum atomic E-state index is -3.07. The summed E-state index contributed by atoms with van der Waals surface area (Å²) in [6, 6.07) is 56.9. The molecule has 7 aromatic rings. The monoisotopic (exact) mass is 721 g/mol. The first-order valence-corrected chi connectivity index (χ1v) is 20.0. The van der Waals surface area contributed by atoms with Gasteiger partial charge < -0.3 is 4.57 Å². The van der Waals surface area contributed by atoms with Crippen molar-refractivity contribution >= 4 is 68.9 Å².